The van der Waals surface area contributed by atoms with Crippen LogP contribution in [0.25, 0.3) is 0 Å². The highest BCUT2D eigenvalue weighted by Gasteiger charge is 1.92. The third-order valence-electron chi connectivity index (χ3n) is 1.08. The van der Waals surface area contributed by atoms with Crippen LogP contribution in [0.4, 0.5) is 5.69 Å². The molecule has 0 saturated carbocycles. The molecule has 12 heavy (non-hydrogen) atoms. The molecule has 0 radical (unpaired) electrons. The molecule has 4 nitrogen and oxygen atoms in total. The molecule has 0 bridgehead atoms. The minimum atomic E-state index is -2.17. The lowest BCUT2D eigenvalue weighted by molar-refractivity contribution is 0.278. The van der Waals surface area contributed by atoms with Gasteiger partial charge in [-0.25, -0.2) is 0 Å². The number of rotatable bonds is 0. The second kappa shape index (κ2) is 5.59. The summed E-state index contributed by atoms with van der Waals surface area (Å²) >= 11 is 0. The van der Waals surface area contributed by atoms with Crippen LogP contribution in [0, 0.1) is 6.92 Å². The Balaban J connectivity index is 0.000000261. The van der Waals surface area contributed by atoms with Gasteiger partial charge in [-0.1, -0.05) is 17.7 Å². The molecule has 0 aromatic heterocycles. The van der Waals surface area contributed by atoms with E-state index in [1.807, 2.05) is 31.2 Å². The Kier molecular flexibility index (Phi) is 5.11. The summed E-state index contributed by atoms with van der Waals surface area (Å²) in [5.74, 6) is 0. The summed E-state index contributed by atoms with van der Waals surface area (Å²) in [4.78, 5) is 0. The molecule has 1 aromatic rings. The van der Waals surface area contributed by atoms with Crippen LogP contribution in [-0.2, 0) is 0 Å². The Hall–Kier alpha value is -1.04. The fourth-order valence-corrected chi connectivity index (χ4v) is 0.566. The minimum absolute atomic E-state index is 0.829. The first-order valence-corrected chi connectivity index (χ1v) is 3.38. The zero-order valence-electron chi connectivity index (χ0n) is 6.81. The summed E-state index contributed by atoms with van der Waals surface area (Å²) in [5, 5.41) is 21.5. The summed E-state index contributed by atoms with van der Waals surface area (Å²) in [6.07, 6.45) is 0. The van der Waals surface area contributed by atoms with E-state index in [0.29, 0.717) is 0 Å². The maximum absolute atomic E-state index is 7.17. The monoisotopic (exact) mass is 169 g/mol. The van der Waals surface area contributed by atoms with Gasteiger partial charge >= 0.3 is 7.32 Å². The SMILES string of the molecule is Cc1ccc(N)cc1.OB(O)O. The van der Waals surface area contributed by atoms with Gasteiger partial charge in [0.05, 0.1) is 0 Å². The predicted molar refractivity (Wildman–Crippen MR) is 48.0 cm³/mol. The zero-order valence-corrected chi connectivity index (χ0v) is 6.81. The lowest BCUT2D eigenvalue weighted by atomic mass is 10.2. The highest BCUT2D eigenvalue weighted by atomic mass is 16.5. The van der Waals surface area contributed by atoms with Gasteiger partial charge in [0.15, 0.2) is 0 Å². The number of anilines is 1. The molecule has 66 valence electrons. The van der Waals surface area contributed by atoms with Crippen molar-refractivity contribution >= 4 is 13.0 Å². The maximum Gasteiger partial charge on any atom is 0.631 e. The van der Waals surface area contributed by atoms with Crippen LogP contribution in [0.15, 0.2) is 24.3 Å². The molecule has 0 unspecified atom stereocenters. The van der Waals surface area contributed by atoms with Crippen molar-refractivity contribution in [1.29, 1.82) is 0 Å². The molecule has 0 fully saturated rings. The third-order valence-corrected chi connectivity index (χ3v) is 1.08. The molecule has 0 aliphatic carbocycles. The largest absolute Gasteiger partial charge is 0.631 e. The molecule has 5 heteroatoms. The number of hydrogen-bond acceptors (Lipinski definition) is 4. The second-order valence-electron chi connectivity index (χ2n) is 2.26. The van der Waals surface area contributed by atoms with Gasteiger partial charge in [-0.3, -0.25) is 0 Å². The van der Waals surface area contributed by atoms with Crippen molar-refractivity contribution in [3.63, 3.8) is 0 Å². The van der Waals surface area contributed by atoms with Crippen LogP contribution >= 0.6 is 0 Å². The Bertz CT molecular complexity index is 189. The lowest BCUT2D eigenvalue weighted by Crippen LogP contribution is -2.07. The van der Waals surface area contributed by atoms with Crippen molar-refractivity contribution in [3.05, 3.63) is 29.8 Å². The van der Waals surface area contributed by atoms with E-state index in [2.05, 4.69) is 0 Å². The van der Waals surface area contributed by atoms with Gasteiger partial charge in [0, 0.05) is 5.69 Å². The molecule has 0 aliphatic rings. The topological polar surface area (TPSA) is 86.7 Å². The molecule has 0 saturated heterocycles. The fraction of sp³-hybridized carbons (Fsp3) is 0.143. The molecular weight excluding hydrogens is 157 g/mol. The molecule has 1 aromatic carbocycles. The molecule has 5 N–H and O–H groups in total. The summed E-state index contributed by atoms with van der Waals surface area (Å²) in [5.41, 5.74) is 7.51. The first-order chi connectivity index (χ1) is 5.52. The van der Waals surface area contributed by atoms with Crippen molar-refractivity contribution in [2.75, 3.05) is 5.73 Å². The predicted octanol–water partition coefficient (Wildman–Crippen LogP) is -0.475. The van der Waals surface area contributed by atoms with Crippen LogP contribution in [-0.4, -0.2) is 22.4 Å². The van der Waals surface area contributed by atoms with E-state index in [1.165, 1.54) is 5.56 Å². The number of benzene rings is 1. The lowest BCUT2D eigenvalue weighted by Gasteiger charge is -1.90. The molecule has 0 heterocycles. The van der Waals surface area contributed by atoms with Gasteiger partial charge in [-0.05, 0) is 19.1 Å². The van der Waals surface area contributed by atoms with Gasteiger partial charge in [0.25, 0.3) is 0 Å². The number of aryl methyl sites for hydroxylation is 1. The first kappa shape index (κ1) is 11.0. The molecular formula is C7H12BNO3. The summed E-state index contributed by atoms with van der Waals surface area (Å²) in [7, 11) is -2.17. The van der Waals surface area contributed by atoms with Gasteiger partial charge in [-0.15, -0.1) is 0 Å². The third kappa shape index (κ3) is 7.08. The highest BCUT2D eigenvalue weighted by Crippen LogP contribution is 2.02. The standard InChI is InChI=1S/C7H9N.BH3O3/c1-6-2-4-7(8)5-3-6;2-1(3)4/h2-5H,8H2,1H3;2-4H. The molecule has 1 rings (SSSR count). The van der Waals surface area contributed by atoms with Gasteiger partial charge in [0.2, 0.25) is 0 Å². The summed E-state index contributed by atoms with van der Waals surface area (Å²) < 4.78 is 0. The summed E-state index contributed by atoms with van der Waals surface area (Å²) in [6, 6.07) is 7.79. The van der Waals surface area contributed by atoms with E-state index >= 15 is 0 Å². The molecule has 0 atom stereocenters. The van der Waals surface area contributed by atoms with Crippen LogP contribution in [0.3, 0.4) is 0 Å². The van der Waals surface area contributed by atoms with E-state index in [-0.39, 0.29) is 0 Å². The number of nitrogens with two attached hydrogens (primary N) is 1. The summed E-state index contributed by atoms with van der Waals surface area (Å²) in [6.45, 7) is 2.04. The van der Waals surface area contributed by atoms with E-state index in [1.54, 1.807) is 0 Å². The van der Waals surface area contributed by atoms with Gasteiger partial charge < -0.3 is 20.8 Å². The van der Waals surface area contributed by atoms with Crippen molar-refractivity contribution in [1.82, 2.24) is 0 Å². The van der Waals surface area contributed by atoms with Crippen LogP contribution < -0.4 is 5.73 Å². The van der Waals surface area contributed by atoms with Crippen LogP contribution in [0.1, 0.15) is 5.56 Å². The van der Waals surface area contributed by atoms with Gasteiger partial charge in [-0.2, -0.15) is 0 Å². The molecule has 0 spiro atoms. The normalized spacial score (nSPS) is 8.33. The van der Waals surface area contributed by atoms with E-state index in [9.17, 15) is 0 Å². The van der Waals surface area contributed by atoms with Crippen molar-refractivity contribution in [2.24, 2.45) is 0 Å². The quantitative estimate of drug-likeness (QED) is 0.312. The van der Waals surface area contributed by atoms with Crippen LogP contribution in [0.2, 0.25) is 0 Å². The average molecular weight is 169 g/mol. The highest BCUT2D eigenvalue weighted by molar-refractivity contribution is 6.30. The maximum atomic E-state index is 7.17. The Morgan fingerprint density at radius 1 is 1.08 bits per heavy atom. The Morgan fingerprint density at radius 2 is 1.42 bits per heavy atom. The van der Waals surface area contributed by atoms with E-state index in [4.69, 9.17) is 20.8 Å². The molecule has 0 amide bonds. The zero-order chi connectivity index (χ0) is 9.56. The first-order valence-electron chi connectivity index (χ1n) is 3.38. The van der Waals surface area contributed by atoms with Crippen molar-refractivity contribution in [3.8, 4) is 0 Å². The van der Waals surface area contributed by atoms with Crippen molar-refractivity contribution in [2.45, 2.75) is 6.92 Å². The van der Waals surface area contributed by atoms with Gasteiger partial charge in [0.1, 0.15) is 0 Å². The Morgan fingerprint density at radius 3 is 1.67 bits per heavy atom. The fourth-order valence-electron chi connectivity index (χ4n) is 0.566. The van der Waals surface area contributed by atoms with E-state index < -0.39 is 7.32 Å². The van der Waals surface area contributed by atoms with Crippen LogP contribution in [0.5, 0.6) is 0 Å². The minimum Gasteiger partial charge on any atom is -0.402 e. The van der Waals surface area contributed by atoms with E-state index in [0.717, 1.165) is 5.69 Å². The number of nitrogen functional groups attached to an aromatic ring is 1. The number of hydrogen-bond donors (Lipinski definition) is 4. The average Bonchev–Trinajstić information content (AvgIpc) is 1.94. The second-order valence-corrected chi connectivity index (χ2v) is 2.26. The smallest absolute Gasteiger partial charge is 0.402 e. The molecule has 0 aliphatic heterocycles. The Labute approximate surface area is 71.5 Å². The van der Waals surface area contributed by atoms with Crippen molar-refractivity contribution < 1.29 is 15.1 Å².